The number of thiophene rings is 1. The summed E-state index contributed by atoms with van der Waals surface area (Å²) in [4.78, 5) is 10.9. The van der Waals surface area contributed by atoms with E-state index >= 15 is 0 Å². The molecule has 146 valence electrons. The molecule has 0 unspecified atom stereocenters. The number of ether oxygens (including phenoxy) is 2. The van der Waals surface area contributed by atoms with Gasteiger partial charge in [-0.15, -0.1) is 11.3 Å². The van der Waals surface area contributed by atoms with Crippen LogP contribution in [0.5, 0.6) is 11.6 Å². The van der Waals surface area contributed by atoms with Gasteiger partial charge in [0.25, 0.3) is 0 Å². The smallest absolute Gasteiger partial charge is 0.213 e. The number of methoxy groups -OCH3 is 2. The second-order valence-electron chi connectivity index (χ2n) is 6.84. The van der Waals surface area contributed by atoms with E-state index in [9.17, 15) is 0 Å². The molecule has 6 heteroatoms. The fourth-order valence-corrected chi connectivity index (χ4v) is 4.27. The lowest BCUT2D eigenvalue weighted by molar-refractivity contribution is 0.398. The van der Waals surface area contributed by atoms with Crippen LogP contribution < -0.4 is 19.3 Å². The Morgan fingerprint density at radius 2 is 1.61 bits per heavy atom. The first-order chi connectivity index (χ1) is 13.7. The maximum Gasteiger partial charge on any atom is 0.213 e. The third-order valence-corrected chi connectivity index (χ3v) is 5.98. The summed E-state index contributed by atoms with van der Waals surface area (Å²) in [6.45, 7) is 5.98. The molecule has 0 bridgehead atoms. The van der Waals surface area contributed by atoms with Crippen LogP contribution in [0.2, 0.25) is 0 Å². The van der Waals surface area contributed by atoms with Crippen LogP contribution in [-0.2, 0) is 0 Å². The Morgan fingerprint density at radius 3 is 2.21 bits per heavy atom. The number of aryl methyl sites for hydroxylation is 1. The summed E-state index contributed by atoms with van der Waals surface area (Å²) in [6, 6.07) is 14.6. The Hall–Kier alpha value is -2.73. The first-order valence-corrected chi connectivity index (χ1v) is 10.3. The molecule has 1 aliphatic heterocycles. The second-order valence-corrected chi connectivity index (χ2v) is 7.95. The van der Waals surface area contributed by atoms with E-state index < -0.39 is 0 Å². The molecule has 0 radical (unpaired) electrons. The Balaban J connectivity index is 1.54. The zero-order valence-corrected chi connectivity index (χ0v) is 17.3. The SMILES string of the molecule is COc1ccc(N2CCN(c3ccc(OC)nc3-c3csc(C)c3)CC2)cc1. The minimum Gasteiger partial charge on any atom is -0.497 e. The molecule has 0 amide bonds. The van der Waals surface area contributed by atoms with E-state index in [4.69, 9.17) is 14.5 Å². The van der Waals surface area contributed by atoms with E-state index in [0.29, 0.717) is 5.88 Å². The summed E-state index contributed by atoms with van der Waals surface area (Å²) < 4.78 is 10.6. The molecule has 2 aromatic heterocycles. The maximum absolute atomic E-state index is 5.37. The lowest BCUT2D eigenvalue weighted by Gasteiger charge is -2.38. The van der Waals surface area contributed by atoms with Gasteiger partial charge in [0.15, 0.2) is 0 Å². The summed E-state index contributed by atoms with van der Waals surface area (Å²) in [5.74, 6) is 1.54. The Morgan fingerprint density at radius 1 is 0.893 bits per heavy atom. The van der Waals surface area contributed by atoms with Crippen molar-refractivity contribution in [3.8, 4) is 22.9 Å². The molecule has 1 aliphatic rings. The summed E-state index contributed by atoms with van der Waals surface area (Å²) in [7, 11) is 3.36. The topological polar surface area (TPSA) is 37.8 Å². The van der Waals surface area contributed by atoms with Crippen molar-refractivity contribution in [1.82, 2.24) is 4.98 Å². The summed E-state index contributed by atoms with van der Waals surface area (Å²) in [5, 5.41) is 2.17. The van der Waals surface area contributed by atoms with Crippen molar-refractivity contribution in [1.29, 1.82) is 0 Å². The summed E-state index contributed by atoms with van der Waals surface area (Å²) in [6.07, 6.45) is 0. The first kappa shape index (κ1) is 18.6. The maximum atomic E-state index is 5.37. The predicted octanol–water partition coefficient (Wildman–Crippen LogP) is 4.46. The van der Waals surface area contributed by atoms with E-state index in [2.05, 4.69) is 46.4 Å². The molecular weight excluding hydrogens is 370 g/mol. The molecule has 3 aromatic rings. The first-order valence-electron chi connectivity index (χ1n) is 9.42. The quantitative estimate of drug-likeness (QED) is 0.638. The van der Waals surface area contributed by atoms with Crippen LogP contribution in [0.15, 0.2) is 47.8 Å². The molecule has 0 aliphatic carbocycles. The van der Waals surface area contributed by atoms with Gasteiger partial charge in [0, 0.05) is 53.8 Å². The average molecular weight is 396 g/mol. The largest absolute Gasteiger partial charge is 0.497 e. The van der Waals surface area contributed by atoms with Crippen molar-refractivity contribution < 1.29 is 9.47 Å². The van der Waals surface area contributed by atoms with Crippen LogP contribution in [0.25, 0.3) is 11.3 Å². The second kappa shape index (κ2) is 8.10. The lowest BCUT2D eigenvalue weighted by atomic mass is 10.1. The van der Waals surface area contributed by atoms with Gasteiger partial charge >= 0.3 is 0 Å². The van der Waals surface area contributed by atoms with Gasteiger partial charge in [0.2, 0.25) is 5.88 Å². The molecule has 0 saturated carbocycles. The van der Waals surface area contributed by atoms with Crippen molar-refractivity contribution in [2.24, 2.45) is 0 Å². The average Bonchev–Trinajstić information content (AvgIpc) is 3.20. The van der Waals surface area contributed by atoms with Gasteiger partial charge in [-0.2, -0.15) is 0 Å². The number of pyridine rings is 1. The van der Waals surface area contributed by atoms with Crippen LogP contribution in [-0.4, -0.2) is 45.4 Å². The Labute approximate surface area is 170 Å². The predicted molar refractivity (Wildman–Crippen MR) is 116 cm³/mol. The minimum absolute atomic E-state index is 0.652. The highest BCUT2D eigenvalue weighted by atomic mass is 32.1. The minimum atomic E-state index is 0.652. The monoisotopic (exact) mass is 395 g/mol. The number of hydrogen-bond acceptors (Lipinski definition) is 6. The van der Waals surface area contributed by atoms with Gasteiger partial charge in [-0.05, 0) is 43.3 Å². The molecule has 4 rings (SSSR count). The number of nitrogens with zero attached hydrogens (tertiary/aromatic N) is 3. The highest BCUT2D eigenvalue weighted by molar-refractivity contribution is 7.10. The van der Waals surface area contributed by atoms with Gasteiger partial charge in [-0.1, -0.05) is 0 Å². The number of piperazine rings is 1. The molecule has 0 N–H and O–H groups in total. The highest BCUT2D eigenvalue weighted by Crippen LogP contribution is 2.34. The van der Waals surface area contributed by atoms with E-state index in [1.807, 2.05) is 18.2 Å². The molecule has 3 heterocycles. The van der Waals surface area contributed by atoms with Gasteiger partial charge < -0.3 is 19.3 Å². The third-order valence-electron chi connectivity index (χ3n) is 5.12. The van der Waals surface area contributed by atoms with E-state index in [0.717, 1.165) is 43.2 Å². The molecular formula is C22H25N3O2S. The highest BCUT2D eigenvalue weighted by Gasteiger charge is 2.21. The normalized spacial score (nSPS) is 14.2. The number of aromatic nitrogens is 1. The van der Waals surface area contributed by atoms with Crippen LogP contribution in [0, 0.1) is 6.92 Å². The van der Waals surface area contributed by atoms with Gasteiger partial charge in [-0.3, -0.25) is 0 Å². The zero-order chi connectivity index (χ0) is 19.5. The third kappa shape index (κ3) is 3.78. The summed E-state index contributed by atoms with van der Waals surface area (Å²) in [5.41, 5.74) is 4.57. The van der Waals surface area contributed by atoms with E-state index in [-0.39, 0.29) is 0 Å². The molecule has 1 saturated heterocycles. The molecule has 1 fully saturated rings. The van der Waals surface area contributed by atoms with Crippen molar-refractivity contribution in [3.63, 3.8) is 0 Å². The molecule has 0 atom stereocenters. The van der Waals surface area contributed by atoms with Crippen LogP contribution >= 0.6 is 11.3 Å². The van der Waals surface area contributed by atoms with Crippen LogP contribution in [0.1, 0.15) is 4.88 Å². The Kier molecular flexibility index (Phi) is 5.39. The lowest BCUT2D eigenvalue weighted by Crippen LogP contribution is -2.46. The van der Waals surface area contributed by atoms with E-state index in [1.165, 1.54) is 16.3 Å². The fraction of sp³-hybridized carbons (Fsp3) is 0.318. The van der Waals surface area contributed by atoms with E-state index in [1.54, 1.807) is 25.6 Å². The van der Waals surface area contributed by atoms with Gasteiger partial charge in [-0.25, -0.2) is 4.98 Å². The standard InChI is InChI=1S/C22H25N3O2S/c1-16-14-17(15-28-16)22-20(8-9-21(23-22)27-3)25-12-10-24(11-13-25)18-4-6-19(26-2)7-5-18/h4-9,14-15H,10-13H2,1-3H3. The Bertz CT molecular complexity index is 931. The van der Waals surface area contributed by atoms with Crippen LogP contribution in [0.4, 0.5) is 11.4 Å². The molecule has 28 heavy (non-hydrogen) atoms. The van der Waals surface area contributed by atoms with Crippen LogP contribution in [0.3, 0.4) is 0 Å². The van der Waals surface area contributed by atoms with Crippen molar-refractivity contribution >= 4 is 22.7 Å². The number of rotatable bonds is 5. The van der Waals surface area contributed by atoms with Crippen molar-refractivity contribution in [2.75, 3.05) is 50.2 Å². The number of benzene rings is 1. The van der Waals surface area contributed by atoms with Gasteiger partial charge in [0.05, 0.1) is 25.6 Å². The number of hydrogen-bond donors (Lipinski definition) is 0. The van der Waals surface area contributed by atoms with Crippen molar-refractivity contribution in [3.05, 3.63) is 52.7 Å². The molecule has 5 nitrogen and oxygen atoms in total. The van der Waals surface area contributed by atoms with Gasteiger partial charge in [0.1, 0.15) is 5.75 Å². The summed E-state index contributed by atoms with van der Waals surface area (Å²) >= 11 is 1.75. The molecule has 1 aromatic carbocycles. The fourth-order valence-electron chi connectivity index (χ4n) is 3.58. The van der Waals surface area contributed by atoms with Crippen molar-refractivity contribution in [2.45, 2.75) is 6.92 Å². The molecule has 0 spiro atoms. The number of anilines is 2. The zero-order valence-electron chi connectivity index (χ0n) is 16.5.